The zero-order valence-corrected chi connectivity index (χ0v) is 9.84. The van der Waals surface area contributed by atoms with E-state index in [1.807, 2.05) is 25.1 Å². The van der Waals surface area contributed by atoms with Crippen molar-refractivity contribution >= 4 is 21.6 Å². The summed E-state index contributed by atoms with van der Waals surface area (Å²) >= 11 is 3.45. The number of hydrogen-bond donors (Lipinski definition) is 0. The molecule has 1 aliphatic rings. The first kappa shape index (κ1) is 9.71. The quantitative estimate of drug-likeness (QED) is 0.697. The summed E-state index contributed by atoms with van der Waals surface area (Å²) in [4.78, 5) is 4.53. The summed E-state index contributed by atoms with van der Waals surface area (Å²) in [6.45, 7) is 4.74. The van der Waals surface area contributed by atoms with Gasteiger partial charge in [0.25, 0.3) is 0 Å². The van der Waals surface area contributed by atoms with E-state index in [1.165, 1.54) is 0 Å². The molecule has 14 heavy (non-hydrogen) atoms. The maximum Gasteiger partial charge on any atom is 0.128 e. The van der Waals surface area contributed by atoms with Gasteiger partial charge in [0.2, 0.25) is 0 Å². The summed E-state index contributed by atoms with van der Waals surface area (Å²) in [5.74, 6) is 0.929. The van der Waals surface area contributed by atoms with Gasteiger partial charge in [-0.3, -0.25) is 4.99 Å². The van der Waals surface area contributed by atoms with Crippen molar-refractivity contribution in [1.29, 1.82) is 0 Å². The van der Waals surface area contributed by atoms with E-state index in [0.29, 0.717) is 6.61 Å². The van der Waals surface area contributed by atoms with Crippen molar-refractivity contribution in [3.8, 4) is 5.75 Å². The number of ether oxygens (including phenoxy) is 1. The highest BCUT2D eigenvalue weighted by atomic mass is 79.9. The highest BCUT2D eigenvalue weighted by molar-refractivity contribution is 9.10. The zero-order valence-electron chi connectivity index (χ0n) is 8.25. The van der Waals surface area contributed by atoms with E-state index in [0.717, 1.165) is 21.5 Å². The lowest BCUT2D eigenvalue weighted by Gasteiger charge is -2.07. The van der Waals surface area contributed by atoms with Gasteiger partial charge in [0, 0.05) is 15.7 Å². The van der Waals surface area contributed by atoms with Crippen LogP contribution in [0.5, 0.6) is 5.75 Å². The molecule has 1 heterocycles. The molecule has 1 aromatic rings. The Morgan fingerprint density at radius 2 is 2.29 bits per heavy atom. The van der Waals surface area contributed by atoms with E-state index in [4.69, 9.17) is 4.74 Å². The Labute approximate surface area is 92.1 Å². The minimum Gasteiger partial charge on any atom is -0.491 e. The summed E-state index contributed by atoms with van der Waals surface area (Å²) in [7, 11) is 0. The topological polar surface area (TPSA) is 21.6 Å². The molecule has 0 amide bonds. The molecular weight excluding hydrogens is 242 g/mol. The summed E-state index contributed by atoms with van der Waals surface area (Å²) in [5, 5.41) is 0. The van der Waals surface area contributed by atoms with Crippen molar-refractivity contribution in [2.45, 2.75) is 19.9 Å². The monoisotopic (exact) mass is 253 g/mol. The predicted octanol–water partition coefficient (Wildman–Crippen LogP) is 3.04. The molecule has 0 aliphatic carbocycles. The fourth-order valence-corrected chi connectivity index (χ4v) is 1.92. The summed E-state index contributed by atoms with van der Waals surface area (Å²) in [5.41, 5.74) is 2.13. The second-order valence-electron chi connectivity index (χ2n) is 3.52. The molecule has 0 fully saturated rings. The highest BCUT2D eigenvalue weighted by Gasteiger charge is 2.14. The molecular formula is C11H12BrNO. The second-order valence-corrected chi connectivity index (χ2v) is 4.43. The van der Waals surface area contributed by atoms with E-state index in [-0.39, 0.29) is 6.04 Å². The number of benzene rings is 1. The number of rotatable bonds is 0. The van der Waals surface area contributed by atoms with Gasteiger partial charge in [-0.2, -0.15) is 0 Å². The van der Waals surface area contributed by atoms with Crippen LogP contribution >= 0.6 is 15.9 Å². The van der Waals surface area contributed by atoms with Crippen LogP contribution in [0.25, 0.3) is 0 Å². The first-order valence-corrected chi connectivity index (χ1v) is 5.43. The van der Waals surface area contributed by atoms with Crippen LogP contribution in [0.4, 0.5) is 0 Å². The molecule has 2 rings (SSSR count). The predicted molar refractivity (Wildman–Crippen MR) is 61.3 cm³/mol. The van der Waals surface area contributed by atoms with Crippen LogP contribution in [0.1, 0.15) is 19.4 Å². The first-order valence-electron chi connectivity index (χ1n) is 4.64. The lowest BCUT2D eigenvalue weighted by Crippen LogP contribution is -2.09. The Morgan fingerprint density at radius 3 is 3.07 bits per heavy atom. The maximum atomic E-state index is 5.65. The zero-order chi connectivity index (χ0) is 10.1. The number of fused-ring (bicyclic) bond motifs is 1. The van der Waals surface area contributed by atoms with Crippen LogP contribution in [-0.2, 0) is 0 Å². The van der Waals surface area contributed by atoms with Crippen molar-refractivity contribution in [1.82, 2.24) is 0 Å². The van der Waals surface area contributed by atoms with Gasteiger partial charge < -0.3 is 4.74 Å². The van der Waals surface area contributed by atoms with Gasteiger partial charge in [-0.25, -0.2) is 0 Å². The minimum atomic E-state index is 0.237. The fourth-order valence-electron chi connectivity index (χ4n) is 1.56. The Kier molecular flexibility index (Phi) is 2.59. The molecule has 1 unspecified atom stereocenters. The van der Waals surface area contributed by atoms with Gasteiger partial charge in [0.05, 0.1) is 6.04 Å². The SMILES string of the molecule is CC1=NC(C)COc2ccc(Br)cc21. The molecule has 0 saturated heterocycles. The molecule has 0 radical (unpaired) electrons. The molecule has 74 valence electrons. The van der Waals surface area contributed by atoms with Crippen LogP contribution in [0, 0.1) is 0 Å². The van der Waals surface area contributed by atoms with Crippen LogP contribution in [0.2, 0.25) is 0 Å². The lowest BCUT2D eigenvalue weighted by molar-refractivity contribution is 0.300. The van der Waals surface area contributed by atoms with Crippen molar-refractivity contribution in [3.05, 3.63) is 28.2 Å². The number of aliphatic imine (C=N–C) groups is 1. The average Bonchev–Trinajstić information content (AvgIpc) is 2.27. The van der Waals surface area contributed by atoms with Gasteiger partial charge in [-0.1, -0.05) is 15.9 Å². The Hall–Kier alpha value is -0.830. The normalized spacial score (nSPS) is 20.5. The molecule has 1 atom stereocenters. The van der Waals surface area contributed by atoms with Crippen molar-refractivity contribution < 1.29 is 4.74 Å². The number of halogens is 1. The number of nitrogens with zero attached hydrogens (tertiary/aromatic N) is 1. The standard InChI is InChI=1S/C11H12BrNO/c1-7-6-14-11-4-3-9(12)5-10(11)8(2)13-7/h3-5,7H,6H2,1-2H3. The largest absolute Gasteiger partial charge is 0.491 e. The maximum absolute atomic E-state index is 5.65. The third kappa shape index (κ3) is 1.82. The van der Waals surface area contributed by atoms with Gasteiger partial charge in [-0.15, -0.1) is 0 Å². The smallest absolute Gasteiger partial charge is 0.128 e. The molecule has 0 aromatic heterocycles. The molecule has 0 spiro atoms. The molecule has 0 saturated carbocycles. The van der Waals surface area contributed by atoms with Crippen LogP contribution < -0.4 is 4.74 Å². The Balaban J connectivity index is 2.51. The van der Waals surface area contributed by atoms with E-state index >= 15 is 0 Å². The Morgan fingerprint density at radius 1 is 1.50 bits per heavy atom. The van der Waals surface area contributed by atoms with Crippen molar-refractivity contribution in [2.75, 3.05) is 6.61 Å². The van der Waals surface area contributed by atoms with Crippen molar-refractivity contribution in [3.63, 3.8) is 0 Å². The van der Waals surface area contributed by atoms with Crippen LogP contribution in [-0.4, -0.2) is 18.4 Å². The van der Waals surface area contributed by atoms with Crippen LogP contribution in [0.15, 0.2) is 27.7 Å². The van der Waals surface area contributed by atoms with E-state index in [9.17, 15) is 0 Å². The Bertz CT molecular complexity index is 387. The third-order valence-electron chi connectivity index (χ3n) is 2.23. The molecule has 2 nitrogen and oxygen atoms in total. The third-order valence-corrected chi connectivity index (χ3v) is 2.72. The summed E-state index contributed by atoms with van der Waals surface area (Å²) < 4.78 is 6.71. The van der Waals surface area contributed by atoms with E-state index < -0.39 is 0 Å². The molecule has 0 N–H and O–H groups in total. The van der Waals surface area contributed by atoms with E-state index in [2.05, 4.69) is 27.8 Å². The average molecular weight is 254 g/mol. The van der Waals surface area contributed by atoms with Gasteiger partial charge >= 0.3 is 0 Å². The second kappa shape index (κ2) is 3.73. The van der Waals surface area contributed by atoms with Gasteiger partial charge in [0.1, 0.15) is 12.4 Å². The molecule has 3 heteroatoms. The number of hydrogen-bond acceptors (Lipinski definition) is 2. The molecule has 1 aromatic carbocycles. The first-order chi connectivity index (χ1) is 6.66. The molecule has 0 bridgehead atoms. The summed E-state index contributed by atoms with van der Waals surface area (Å²) in [6, 6.07) is 6.26. The molecule has 1 aliphatic heterocycles. The summed E-state index contributed by atoms with van der Waals surface area (Å²) in [6.07, 6.45) is 0. The van der Waals surface area contributed by atoms with Gasteiger partial charge in [0.15, 0.2) is 0 Å². The van der Waals surface area contributed by atoms with Gasteiger partial charge in [-0.05, 0) is 32.0 Å². The van der Waals surface area contributed by atoms with Crippen LogP contribution in [0.3, 0.4) is 0 Å². The minimum absolute atomic E-state index is 0.237. The highest BCUT2D eigenvalue weighted by Crippen LogP contribution is 2.26. The lowest BCUT2D eigenvalue weighted by atomic mass is 10.1. The van der Waals surface area contributed by atoms with Crippen molar-refractivity contribution in [2.24, 2.45) is 4.99 Å². The van der Waals surface area contributed by atoms with E-state index in [1.54, 1.807) is 0 Å². The fraction of sp³-hybridized carbons (Fsp3) is 0.364.